The van der Waals surface area contributed by atoms with Crippen LogP contribution in [-0.2, 0) is 0 Å². The molecule has 1 aliphatic heterocycles. The minimum Gasteiger partial charge on any atom is -0.492 e. The van der Waals surface area contributed by atoms with E-state index in [0.717, 1.165) is 11.3 Å². The van der Waals surface area contributed by atoms with Crippen molar-refractivity contribution < 1.29 is 9.15 Å². The van der Waals surface area contributed by atoms with Gasteiger partial charge in [0.15, 0.2) is 0 Å². The monoisotopic (exact) mass is 231 g/mol. The quantitative estimate of drug-likeness (QED) is 0.850. The third-order valence-electron chi connectivity index (χ3n) is 2.84. The number of ether oxygens (including phenoxy) is 1. The second-order valence-electron chi connectivity index (χ2n) is 4.17. The largest absolute Gasteiger partial charge is 0.492 e. The molecule has 2 atom stereocenters. The number of hydrogen-bond acceptors (Lipinski definition) is 5. The molecule has 0 amide bonds. The van der Waals surface area contributed by atoms with Crippen LogP contribution in [0.25, 0.3) is 0 Å². The third-order valence-corrected chi connectivity index (χ3v) is 2.84. The summed E-state index contributed by atoms with van der Waals surface area (Å²) in [5, 5.41) is 7.98. The maximum Gasteiger partial charge on any atom is 0.232 e. The summed E-state index contributed by atoms with van der Waals surface area (Å²) in [4.78, 5) is 0. The highest BCUT2D eigenvalue weighted by molar-refractivity contribution is 5.42. The van der Waals surface area contributed by atoms with Crippen LogP contribution in [0.2, 0.25) is 0 Å². The lowest BCUT2D eigenvalue weighted by Gasteiger charge is -2.02. The number of nitrogens with two attached hydrogens (primary N) is 1. The molecule has 88 valence electrons. The van der Waals surface area contributed by atoms with Gasteiger partial charge in [-0.05, 0) is 13.0 Å². The highest BCUT2D eigenvalue weighted by atomic mass is 16.5. The molecule has 17 heavy (non-hydrogen) atoms. The molecule has 2 N–H and O–H groups in total. The van der Waals surface area contributed by atoms with E-state index < -0.39 is 0 Å². The van der Waals surface area contributed by atoms with Crippen molar-refractivity contribution in [2.24, 2.45) is 5.73 Å². The van der Waals surface area contributed by atoms with Crippen LogP contribution in [0.4, 0.5) is 0 Å². The zero-order valence-corrected chi connectivity index (χ0v) is 9.46. The van der Waals surface area contributed by atoms with Gasteiger partial charge in [-0.1, -0.05) is 18.2 Å². The normalized spacial score (nSPS) is 19.8. The van der Waals surface area contributed by atoms with Crippen molar-refractivity contribution in [1.29, 1.82) is 0 Å². The summed E-state index contributed by atoms with van der Waals surface area (Å²) in [5.74, 6) is 1.94. The lowest BCUT2D eigenvalue weighted by atomic mass is 10.0. The van der Waals surface area contributed by atoms with E-state index in [4.69, 9.17) is 14.9 Å². The van der Waals surface area contributed by atoms with E-state index in [-0.39, 0.29) is 12.0 Å². The number of nitrogens with zero attached hydrogens (tertiary/aromatic N) is 2. The number of fused-ring (bicyclic) bond motifs is 1. The Kier molecular flexibility index (Phi) is 2.33. The molecule has 1 aromatic heterocycles. The Balaban J connectivity index is 1.95. The van der Waals surface area contributed by atoms with Gasteiger partial charge in [-0.15, -0.1) is 10.2 Å². The van der Waals surface area contributed by atoms with Gasteiger partial charge in [-0.25, -0.2) is 0 Å². The van der Waals surface area contributed by atoms with E-state index in [9.17, 15) is 0 Å². The van der Waals surface area contributed by atoms with E-state index >= 15 is 0 Å². The molecule has 2 heterocycles. The number of hydrogen-bond donors (Lipinski definition) is 1. The number of para-hydroxylation sites is 1. The summed E-state index contributed by atoms with van der Waals surface area (Å²) in [6.45, 7) is 2.36. The van der Waals surface area contributed by atoms with E-state index in [2.05, 4.69) is 10.2 Å². The molecule has 2 unspecified atom stereocenters. The van der Waals surface area contributed by atoms with E-state index in [1.807, 2.05) is 31.2 Å². The zero-order valence-electron chi connectivity index (χ0n) is 9.46. The van der Waals surface area contributed by atoms with Gasteiger partial charge in [0.05, 0.1) is 12.0 Å². The molecular formula is C12H13N3O2. The molecular weight excluding hydrogens is 218 g/mol. The first-order valence-corrected chi connectivity index (χ1v) is 5.56. The topological polar surface area (TPSA) is 74.2 Å². The molecule has 1 aromatic carbocycles. The number of rotatable bonds is 2. The second kappa shape index (κ2) is 3.85. The summed E-state index contributed by atoms with van der Waals surface area (Å²) in [5.41, 5.74) is 6.78. The van der Waals surface area contributed by atoms with E-state index in [0.29, 0.717) is 18.4 Å². The Bertz CT molecular complexity index is 536. The Hall–Kier alpha value is -1.88. The fourth-order valence-corrected chi connectivity index (χ4v) is 1.94. The summed E-state index contributed by atoms with van der Waals surface area (Å²) in [6, 6.07) is 7.64. The van der Waals surface area contributed by atoms with Gasteiger partial charge < -0.3 is 14.9 Å². The summed E-state index contributed by atoms with van der Waals surface area (Å²) >= 11 is 0. The van der Waals surface area contributed by atoms with Crippen LogP contribution in [0.1, 0.15) is 36.2 Å². The molecule has 1 aliphatic rings. The van der Waals surface area contributed by atoms with Crippen molar-refractivity contribution >= 4 is 0 Å². The van der Waals surface area contributed by atoms with Gasteiger partial charge in [0.2, 0.25) is 11.8 Å². The van der Waals surface area contributed by atoms with Gasteiger partial charge in [0.1, 0.15) is 12.4 Å². The molecule has 0 radical (unpaired) electrons. The van der Waals surface area contributed by atoms with Crippen LogP contribution >= 0.6 is 0 Å². The first-order valence-electron chi connectivity index (χ1n) is 5.56. The van der Waals surface area contributed by atoms with Crippen LogP contribution in [-0.4, -0.2) is 16.8 Å². The maximum absolute atomic E-state index is 5.69. The predicted octanol–water partition coefficient (Wildman–Crippen LogP) is 1.61. The summed E-state index contributed by atoms with van der Waals surface area (Å²) < 4.78 is 11.1. The van der Waals surface area contributed by atoms with Crippen molar-refractivity contribution in [2.45, 2.75) is 18.9 Å². The fourth-order valence-electron chi connectivity index (χ4n) is 1.94. The molecule has 5 heteroatoms. The summed E-state index contributed by atoms with van der Waals surface area (Å²) in [7, 11) is 0. The standard InChI is InChI=1S/C12H13N3O2/c1-7(13)11-14-15-12(17-11)9-6-16-10-5-3-2-4-8(9)10/h2-5,7,9H,6,13H2,1H3. The average Bonchev–Trinajstić information content (AvgIpc) is 2.95. The first kappa shape index (κ1) is 10.3. The van der Waals surface area contributed by atoms with Gasteiger partial charge in [0.25, 0.3) is 0 Å². The molecule has 0 saturated carbocycles. The number of aromatic nitrogens is 2. The van der Waals surface area contributed by atoms with Gasteiger partial charge >= 0.3 is 0 Å². The highest BCUT2D eigenvalue weighted by Crippen LogP contribution is 2.37. The molecule has 0 aliphatic carbocycles. The van der Waals surface area contributed by atoms with Gasteiger partial charge in [-0.3, -0.25) is 0 Å². The third kappa shape index (κ3) is 1.68. The fraction of sp³-hybridized carbons (Fsp3) is 0.333. The molecule has 0 saturated heterocycles. The van der Waals surface area contributed by atoms with Crippen molar-refractivity contribution in [3.63, 3.8) is 0 Å². The van der Waals surface area contributed by atoms with Crippen LogP contribution in [0.15, 0.2) is 28.7 Å². The Morgan fingerprint density at radius 1 is 1.35 bits per heavy atom. The van der Waals surface area contributed by atoms with Crippen molar-refractivity contribution in [1.82, 2.24) is 10.2 Å². The van der Waals surface area contributed by atoms with Crippen LogP contribution < -0.4 is 10.5 Å². The lowest BCUT2D eigenvalue weighted by molar-refractivity contribution is 0.319. The first-order chi connectivity index (χ1) is 8.25. The van der Waals surface area contributed by atoms with Crippen molar-refractivity contribution in [3.8, 4) is 5.75 Å². The van der Waals surface area contributed by atoms with Gasteiger partial charge in [-0.2, -0.15) is 0 Å². The minimum atomic E-state index is -0.242. The molecule has 3 rings (SSSR count). The molecule has 0 fully saturated rings. The molecule has 0 bridgehead atoms. The maximum atomic E-state index is 5.69. The van der Waals surface area contributed by atoms with Crippen LogP contribution in [0.5, 0.6) is 5.75 Å². The zero-order chi connectivity index (χ0) is 11.8. The number of benzene rings is 1. The van der Waals surface area contributed by atoms with Crippen LogP contribution in [0, 0.1) is 0 Å². The Morgan fingerprint density at radius 2 is 2.18 bits per heavy atom. The Labute approximate surface area is 98.6 Å². The minimum absolute atomic E-state index is 0.0196. The molecule has 2 aromatic rings. The smallest absolute Gasteiger partial charge is 0.232 e. The molecule has 0 spiro atoms. The lowest BCUT2D eigenvalue weighted by Crippen LogP contribution is -2.05. The van der Waals surface area contributed by atoms with Crippen molar-refractivity contribution in [3.05, 3.63) is 41.6 Å². The van der Waals surface area contributed by atoms with Gasteiger partial charge in [0, 0.05) is 5.56 Å². The second-order valence-corrected chi connectivity index (χ2v) is 4.17. The average molecular weight is 231 g/mol. The Morgan fingerprint density at radius 3 is 2.94 bits per heavy atom. The van der Waals surface area contributed by atoms with E-state index in [1.165, 1.54) is 0 Å². The molecule has 5 nitrogen and oxygen atoms in total. The van der Waals surface area contributed by atoms with Crippen molar-refractivity contribution in [2.75, 3.05) is 6.61 Å². The summed E-state index contributed by atoms with van der Waals surface area (Å²) in [6.07, 6.45) is 0. The predicted molar refractivity (Wildman–Crippen MR) is 60.7 cm³/mol. The van der Waals surface area contributed by atoms with Crippen LogP contribution in [0.3, 0.4) is 0 Å². The highest BCUT2D eigenvalue weighted by Gasteiger charge is 2.30. The SMILES string of the molecule is CC(N)c1nnc(C2COc3ccccc32)o1. The van der Waals surface area contributed by atoms with E-state index in [1.54, 1.807) is 0 Å².